The number of ether oxygens (including phenoxy) is 3. The molecule has 0 fully saturated rings. The Bertz CT molecular complexity index is 810. The molecule has 0 radical (unpaired) electrons. The fraction of sp³-hybridized carbons (Fsp3) is 0.350. The third-order valence-corrected chi connectivity index (χ3v) is 4.03. The van der Waals surface area contributed by atoms with Crippen molar-refractivity contribution in [2.24, 2.45) is 0 Å². The highest BCUT2D eigenvalue weighted by atomic mass is 19.4. The van der Waals surface area contributed by atoms with E-state index in [0.29, 0.717) is 11.5 Å². The van der Waals surface area contributed by atoms with Gasteiger partial charge in [0.1, 0.15) is 5.75 Å². The molecule has 0 bridgehead atoms. The van der Waals surface area contributed by atoms with Gasteiger partial charge >= 0.3 is 12.2 Å². The lowest BCUT2D eigenvalue weighted by atomic mass is 10.1. The first-order valence-electron chi connectivity index (χ1n) is 8.76. The number of halogens is 3. The van der Waals surface area contributed by atoms with Crippen LogP contribution in [-0.2, 0) is 6.54 Å². The van der Waals surface area contributed by atoms with Crippen LogP contribution in [0.5, 0.6) is 17.2 Å². The molecule has 0 spiro atoms. The molecule has 6 nitrogen and oxygen atoms in total. The normalized spacial score (nSPS) is 12.1. The molecular formula is C20H23F3N2O4. The molecule has 0 aromatic heterocycles. The Balaban J connectivity index is 1.85. The summed E-state index contributed by atoms with van der Waals surface area (Å²) in [6, 6.07) is 10.7. The van der Waals surface area contributed by atoms with Crippen molar-refractivity contribution in [1.29, 1.82) is 0 Å². The maximum Gasteiger partial charge on any atom is 0.422 e. The number of hydrogen-bond acceptors (Lipinski definition) is 4. The van der Waals surface area contributed by atoms with Crippen molar-refractivity contribution in [1.82, 2.24) is 10.6 Å². The Labute approximate surface area is 167 Å². The van der Waals surface area contributed by atoms with Crippen molar-refractivity contribution in [2.45, 2.75) is 25.7 Å². The molecule has 0 saturated carbocycles. The minimum Gasteiger partial charge on any atom is -0.493 e. The number of methoxy groups -OCH3 is 2. The molecule has 9 heteroatoms. The topological polar surface area (TPSA) is 68.8 Å². The van der Waals surface area contributed by atoms with E-state index in [-0.39, 0.29) is 24.4 Å². The van der Waals surface area contributed by atoms with Gasteiger partial charge in [-0.05, 0) is 42.3 Å². The van der Waals surface area contributed by atoms with Crippen LogP contribution in [0.15, 0.2) is 42.5 Å². The zero-order valence-corrected chi connectivity index (χ0v) is 16.3. The van der Waals surface area contributed by atoms with Crippen LogP contribution in [0, 0.1) is 0 Å². The van der Waals surface area contributed by atoms with Gasteiger partial charge in [0.2, 0.25) is 0 Å². The van der Waals surface area contributed by atoms with Gasteiger partial charge in [0, 0.05) is 6.54 Å². The summed E-state index contributed by atoms with van der Waals surface area (Å²) in [6.07, 6.45) is -4.39. The summed E-state index contributed by atoms with van der Waals surface area (Å²) >= 11 is 0. The number of alkyl halides is 3. The van der Waals surface area contributed by atoms with Gasteiger partial charge in [-0.25, -0.2) is 4.79 Å². The quantitative estimate of drug-likeness (QED) is 0.682. The lowest BCUT2D eigenvalue weighted by Crippen LogP contribution is -2.36. The van der Waals surface area contributed by atoms with Crippen LogP contribution in [0.4, 0.5) is 18.0 Å². The van der Waals surface area contributed by atoms with Gasteiger partial charge in [0.15, 0.2) is 18.1 Å². The van der Waals surface area contributed by atoms with Crippen molar-refractivity contribution in [3.05, 3.63) is 53.6 Å². The average Bonchev–Trinajstić information content (AvgIpc) is 2.70. The summed E-state index contributed by atoms with van der Waals surface area (Å²) in [5.74, 6) is 1.27. The first kappa shape index (κ1) is 22.2. The first-order valence-corrected chi connectivity index (χ1v) is 8.76. The Kier molecular flexibility index (Phi) is 7.58. The highest BCUT2D eigenvalue weighted by Gasteiger charge is 2.28. The van der Waals surface area contributed by atoms with E-state index in [1.54, 1.807) is 38.3 Å². The van der Waals surface area contributed by atoms with Gasteiger partial charge in [0.05, 0.1) is 20.3 Å². The summed E-state index contributed by atoms with van der Waals surface area (Å²) < 4.78 is 51.6. The van der Waals surface area contributed by atoms with E-state index in [9.17, 15) is 18.0 Å². The molecule has 0 aliphatic carbocycles. The Morgan fingerprint density at radius 1 is 1.03 bits per heavy atom. The number of hydrogen-bond donors (Lipinski definition) is 2. The Morgan fingerprint density at radius 3 is 2.28 bits per heavy atom. The number of nitrogens with one attached hydrogen (secondary N) is 2. The molecule has 29 heavy (non-hydrogen) atoms. The van der Waals surface area contributed by atoms with Crippen LogP contribution in [0.3, 0.4) is 0 Å². The lowest BCUT2D eigenvalue weighted by Gasteiger charge is -2.16. The molecule has 0 aliphatic rings. The number of urea groups is 1. The molecule has 2 aromatic rings. The van der Waals surface area contributed by atoms with Crippen molar-refractivity contribution in [2.75, 3.05) is 20.8 Å². The molecule has 2 N–H and O–H groups in total. The van der Waals surface area contributed by atoms with Crippen LogP contribution >= 0.6 is 0 Å². The highest BCUT2D eigenvalue weighted by molar-refractivity contribution is 5.74. The zero-order chi connectivity index (χ0) is 21.4. The van der Waals surface area contributed by atoms with E-state index in [1.807, 2.05) is 6.07 Å². The van der Waals surface area contributed by atoms with Gasteiger partial charge in [-0.3, -0.25) is 0 Å². The second kappa shape index (κ2) is 9.90. The van der Waals surface area contributed by atoms with Gasteiger partial charge in [0.25, 0.3) is 0 Å². The summed E-state index contributed by atoms with van der Waals surface area (Å²) in [7, 11) is 3.07. The number of benzene rings is 2. The van der Waals surface area contributed by atoms with E-state index >= 15 is 0 Å². The zero-order valence-electron chi connectivity index (χ0n) is 16.3. The maximum atomic E-state index is 12.2. The van der Waals surface area contributed by atoms with E-state index < -0.39 is 12.8 Å². The second-order valence-corrected chi connectivity index (χ2v) is 6.21. The van der Waals surface area contributed by atoms with E-state index in [2.05, 4.69) is 15.4 Å². The molecule has 2 aromatic carbocycles. The first-order chi connectivity index (χ1) is 13.7. The SMILES string of the molecule is COc1ccc(CNC(=O)NC(C)c2ccc(OCC(F)(F)F)cc2)cc1OC. The minimum absolute atomic E-state index is 0.108. The smallest absolute Gasteiger partial charge is 0.422 e. The van der Waals surface area contributed by atoms with Crippen molar-refractivity contribution in [3.8, 4) is 17.2 Å². The summed E-state index contributed by atoms with van der Waals surface area (Å²) in [4.78, 5) is 12.1. The van der Waals surface area contributed by atoms with E-state index in [0.717, 1.165) is 11.1 Å². The maximum absolute atomic E-state index is 12.2. The molecule has 2 rings (SSSR count). The van der Waals surface area contributed by atoms with Gasteiger partial charge < -0.3 is 24.8 Å². The predicted octanol–water partition coefficient (Wildman–Crippen LogP) is 4.21. The number of carbonyl (C=O) groups excluding carboxylic acids is 1. The van der Waals surface area contributed by atoms with E-state index in [4.69, 9.17) is 9.47 Å². The van der Waals surface area contributed by atoms with Crippen molar-refractivity contribution in [3.63, 3.8) is 0 Å². The Hall–Kier alpha value is -3.10. The number of amides is 2. The molecule has 1 unspecified atom stereocenters. The van der Waals surface area contributed by atoms with Gasteiger partial charge in [-0.15, -0.1) is 0 Å². The summed E-state index contributed by atoms with van der Waals surface area (Å²) in [6.45, 7) is 0.698. The van der Waals surface area contributed by atoms with Crippen molar-refractivity contribution >= 4 is 6.03 Å². The molecule has 0 saturated heterocycles. The van der Waals surface area contributed by atoms with Crippen LogP contribution < -0.4 is 24.8 Å². The largest absolute Gasteiger partial charge is 0.493 e. The predicted molar refractivity (Wildman–Crippen MR) is 101 cm³/mol. The van der Waals surface area contributed by atoms with Crippen LogP contribution in [0.25, 0.3) is 0 Å². The third-order valence-electron chi connectivity index (χ3n) is 4.03. The molecule has 0 aliphatic heterocycles. The third kappa shape index (κ3) is 7.10. The molecule has 1 atom stereocenters. The standard InChI is InChI=1S/C20H23F3N2O4/c1-13(15-5-7-16(8-6-15)29-12-20(21,22)23)25-19(26)24-11-14-4-9-17(27-2)18(10-14)28-3/h4-10,13H,11-12H2,1-3H3,(H2,24,25,26). The van der Waals surface area contributed by atoms with Crippen LogP contribution in [-0.4, -0.2) is 33.0 Å². The molecule has 0 heterocycles. The van der Waals surface area contributed by atoms with Gasteiger partial charge in [-0.1, -0.05) is 18.2 Å². The summed E-state index contributed by atoms with van der Waals surface area (Å²) in [5, 5.41) is 5.51. The monoisotopic (exact) mass is 412 g/mol. The van der Waals surface area contributed by atoms with E-state index in [1.165, 1.54) is 19.2 Å². The minimum atomic E-state index is -4.39. The van der Waals surface area contributed by atoms with Crippen molar-refractivity contribution < 1.29 is 32.2 Å². The fourth-order valence-electron chi connectivity index (χ4n) is 2.52. The average molecular weight is 412 g/mol. The van der Waals surface area contributed by atoms with Crippen LogP contribution in [0.2, 0.25) is 0 Å². The second-order valence-electron chi connectivity index (χ2n) is 6.21. The van der Waals surface area contributed by atoms with Gasteiger partial charge in [-0.2, -0.15) is 13.2 Å². The molecule has 2 amide bonds. The fourth-order valence-corrected chi connectivity index (χ4v) is 2.52. The summed E-state index contributed by atoms with van der Waals surface area (Å²) in [5.41, 5.74) is 1.56. The number of rotatable bonds is 8. The Morgan fingerprint density at radius 2 is 1.69 bits per heavy atom. The molecule has 158 valence electrons. The van der Waals surface area contributed by atoms with Crippen LogP contribution in [0.1, 0.15) is 24.1 Å². The molecular weight excluding hydrogens is 389 g/mol. The lowest BCUT2D eigenvalue weighted by molar-refractivity contribution is -0.153. The highest BCUT2D eigenvalue weighted by Crippen LogP contribution is 2.27. The number of carbonyl (C=O) groups is 1.